The van der Waals surface area contributed by atoms with E-state index in [0.717, 1.165) is 11.8 Å². The standard InChI is InChI=1S/C7H13N3O5S2/c1-4(11)9-2-3-16-7-5(8)6(12)10(7)17(13,14)15/h5,7H,2-3,8H2,1H3,(H,9,11)(H,13,14,15)/t5-,7?/m1/s1. The molecule has 0 radical (unpaired) electrons. The van der Waals surface area contributed by atoms with Crippen molar-refractivity contribution in [2.24, 2.45) is 5.73 Å². The molecule has 1 aliphatic heterocycles. The average Bonchev–Trinajstić information content (AvgIpc) is 2.19. The third kappa shape index (κ3) is 3.31. The summed E-state index contributed by atoms with van der Waals surface area (Å²) in [5.74, 6) is -0.646. The summed E-state index contributed by atoms with van der Waals surface area (Å²) in [5.41, 5.74) is 5.42. The van der Waals surface area contributed by atoms with E-state index in [9.17, 15) is 18.0 Å². The summed E-state index contributed by atoms with van der Waals surface area (Å²) in [6, 6.07) is -0.945. The largest absolute Gasteiger partial charge is 0.363 e. The van der Waals surface area contributed by atoms with Gasteiger partial charge in [0.25, 0.3) is 5.91 Å². The minimum absolute atomic E-state index is 0.203. The quantitative estimate of drug-likeness (QED) is 0.307. The molecule has 8 nitrogen and oxygen atoms in total. The van der Waals surface area contributed by atoms with Gasteiger partial charge in [-0.15, -0.1) is 11.8 Å². The Kier molecular flexibility index (Phi) is 4.36. The summed E-state index contributed by atoms with van der Waals surface area (Å²) in [7, 11) is -4.56. The number of nitrogens with one attached hydrogen (secondary N) is 1. The van der Waals surface area contributed by atoms with Crippen molar-refractivity contribution < 1.29 is 22.6 Å². The Morgan fingerprint density at radius 3 is 2.71 bits per heavy atom. The first-order valence-corrected chi connectivity index (χ1v) is 7.12. The van der Waals surface area contributed by atoms with Gasteiger partial charge < -0.3 is 11.1 Å². The van der Waals surface area contributed by atoms with Crippen LogP contribution in [0.2, 0.25) is 0 Å². The number of hydrogen-bond donors (Lipinski definition) is 3. The van der Waals surface area contributed by atoms with Crippen molar-refractivity contribution >= 4 is 33.9 Å². The zero-order valence-electron chi connectivity index (χ0n) is 8.99. The van der Waals surface area contributed by atoms with Gasteiger partial charge in [0.1, 0.15) is 11.4 Å². The summed E-state index contributed by atoms with van der Waals surface area (Å²) in [6.07, 6.45) is 0. The molecule has 2 amide bonds. The van der Waals surface area contributed by atoms with Crippen molar-refractivity contribution in [3.05, 3.63) is 0 Å². The predicted molar refractivity (Wildman–Crippen MR) is 61.3 cm³/mol. The number of carbonyl (C=O) groups is 2. The van der Waals surface area contributed by atoms with Crippen LogP contribution in [-0.2, 0) is 19.9 Å². The van der Waals surface area contributed by atoms with Crippen LogP contribution in [0.3, 0.4) is 0 Å². The van der Waals surface area contributed by atoms with Gasteiger partial charge in [-0.05, 0) is 0 Å². The molecule has 1 saturated heterocycles. The van der Waals surface area contributed by atoms with Crippen LogP contribution in [0.4, 0.5) is 0 Å². The van der Waals surface area contributed by atoms with Crippen molar-refractivity contribution in [3.63, 3.8) is 0 Å². The molecule has 1 heterocycles. The molecule has 10 heteroatoms. The maximum atomic E-state index is 11.1. The van der Waals surface area contributed by atoms with Gasteiger partial charge in [-0.2, -0.15) is 12.7 Å². The zero-order chi connectivity index (χ0) is 13.2. The molecule has 0 aromatic heterocycles. The molecule has 98 valence electrons. The normalized spacial score (nSPS) is 24.4. The monoisotopic (exact) mass is 283 g/mol. The van der Waals surface area contributed by atoms with Crippen molar-refractivity contribution in [2.75, 3.05) is 12.3 Å². The van der Waals surface area contributed by atoms with Crippen LogP contribution < -0.4 is 11.1 Å². The highest BCUT2D eigenvalue weighted by Crippen LogP contribution is 2.30. The van der Waals surface area contributed by atoms with Crippen molar-refractivity contribution in [1.82, 2.24) is 9.62 Å². The summed E-state index contributed by atoms with van der Waals surface area (Å²) >= 11 is 1.08. The highest BCUT2D eigenvalue weighted by atomic mass is 32.2. The van der Waals surface area contributed by atoms with Crippen LogP contribution >= 0.6 is 11.8 Å². The molecule has 1 fully saturated rings. The van der Waals surface area contributed by atoms with E-state index in [1.165, 1.54) is 6.92 Å². The molecular weight excluding hydrogens is 270 g/mol. The number of β-lactam (4-membered cyclic amide) rings is 1. The predicted octanol–water partition coefficient (Wildman–Crippen LogP) is -1.85. The van der Waals surface area contributed by atoms with Crippen molar-refractivity contribution in [1.29, 1.82) is 0 Å². The minimum atomic E-state index is -4.56. The maximum Gasteiger partial charge on any atom is 0.363 e. The highest BCUT2D eigenvalue weighted by Gasteiger charge is 2.51. The van der Waals surface area contributed by atoms with Gasteiger partial charge in [-0.1, -0.05) is 0 Å². The molecule has 0 aromatic carbocycles. The summed E-state index contributed by atoms with van der Waals surface area (Å²) in [6.45, 7) is 1.69. The van der Waals surface area contributed by atoms with Crippen molar-refractivity contribution in [3.8, 4) is 0 Å². The van der Waals surface area contributed by atoms with Gasteiger partial charge in [0, 0.05) is 19.2 Å². The number of rotatable bonds is 5. The number of carbonyl (C=O) groups excluding carboxylic acids is 2. The van der Waals surface area contributed by atoms with E-state index in [1.54, 1.807) is 0 Å². The Hall–Kier alpha value is -0.840. The van der Waals surface area contributed by atoms with Gasteiger partial charge in [0.2, 0.25) is 5.91 Å². The second kappa shape index (κ2) is 5.21. The van der Waals surface area contributed by atoms with E-state index in [0.29, 0.717) is 16.6 Å². The summed E-state index contributed by atoms with van der Waals surface area (Å²) in [4.78, 5) is 21.7. The van der Waals surface area contributed by atoms with Crippen LogP contribution in [0.15, 0.2) is 0 Å². The lowest BCUT2D eigenvalue weighted by atomic mass is 10.2. The van der Waals surface area contributed by atoms with Gasteiger partial charge >= 0.3 is 10.3 Å². The Morgan fingerprint density at radius 2 is 2.24 bits per heavy atom. The molecule has 0 spiro atoms. The molecule has 17 heavy (non-hydrogen) atoms. The first kappa shape index (κ1) is 14.2. The molecule has 0 aromatic rings. The zero-order valence-corrected chi connectivity index (χ0v) is 10.6. The fraction of sp³-hybridized carbons (Fsp3) is 0.714. The first-order chi connectivity index (χ1) is 7.75. The van der Waals surface area contributed by atoms with Crippen LogP contribution in [0, 0.1) is 0 Å². The molecule has 2 atom stereocenters. The van der Waals surface area contributed by atoms with E-state index in [1.807, 2.05) is 0 Å². The Bertz CT molecular complexity index is 423. The van der Waals surface area contributed by atoms with Crippen LogP contribution in [0.25, 0.3) is 0 Å². The number of thioether (sulfide) groups is 1. The summed E-state index contributed by atoms with van der Waals surface area (Å²) < 4.78 is 30.8. The molecule has 1 unspecified atom stereocenters. The van der Waals surface area contributed by atoms with E-state index in [2.05, 4.69) is 5.32 Å². The topological polar surface area (TPSA) is 130 Å². The highest BCUT2D eigenvalue weighted by molar-refractivity contribution is 8.00. The number of amides is 2. The Balaban J connectivity index is 2.47. The van der Waals surface area contributed by atoms with E-state index < -0.39 is 27.6 Å². The SMILES string of the molecule is CC(=O)NCCSC1[C@H](N)C(=O)N1S(=O)(=O)O. The van der Waals surface area contributed by atoms with Gasteiger partial charge in [0.05, 0.1) is 0 Å². The third-order valence-corrected chi connectivity index (χ3v) is 4.38. The Labute approximate surface area is 103 Å². The van der Waals surface area contributed by atoms with E-state index >= 15 is 0 Å². The molecule has 0 bridgehead atoms. The van der Waals surface area contributed by atoms with Crippen molar-refractivity contribution in [2.45, 2.75) is 18.3 Å². The lowest BCUT2D eigenvalue weighted by Gasteiger charge is -2.41. The first-order valence-electron chi connectivity index (χ1n) is 4.67. The van der Waals surface area contributed by atoms with Gasteiger partial charge in [-0.25, -0.2) is 0 Å². The second-order valence-electron chi connectivity index (χ2n) is 3.38. The summed E-state index contributed by atoms with van der Waals surface area (Å²) in [5, 5.41) is 1.70. The van der Waals surface area contributed by atoms with Crippen LogP contribution in [0.5, 0.6) is 0 Å². The smallest absolute Gasteiger partial charge is 0.356 e. The molecule has 1 aliphatic rings. The number of nitrogens with two attached hydrogens (primary N) is 1. The number of hydrogen-bond acceptors (Lipinski definition) is 6. The molecule has 0 aliphatic carbocycles. The van der Waals surface area contributed by atoms with Crippen LogP contribution in [-0.4, -0.2) is 52.8 Å². The average molecular weight is 283 g/mol. The fourth-order valence-corrected chi connectivity index (χ4v) is 3.56. The maximum absolute atomic E-state index is 11.1. The fourth-order valence-electron chi connectivity index (χ4n) is 1.28. The molecule has 1 rings (SSSR count). The third-order valence-electron chi connectivity index (χ3n) is 2.05. The lowest BCUT2D eigenvalue weighted by molar-refractivity contribution is -0.137. The van der Waals surface area contributed by atoms with E-state index in [4.69, 9.17) is 10.3 Å². The van der Waals surface area contributed by atoms with Crippen LogP contribution in [0.1, 0.15) is 6.92 Å². The minimum Gasteiger partial charge on any atom is -0.356 e. The second-order valence-corrected chi connectivity index (χ2v) is 5.90. The number of nitrogens with zero attached hydrogens (tertiary/aromatic N) is 1. The van der Waals surface area contributed by atoms with Gasteiger partial charge in [-0.3, -0.25) is 14.1 Å². The molecular formula is C7H13N3O5S2. The molecule has 0 saturated carbocycles. The molecule has 4 N–H and O–H groups in total. The van der Waals surface area contributed by atoms with Gasteiger partial charge in [0.15, 0.2) is 0 Å². The Morgan fingerprint density at radius 1 is 1.65 bits per heavy atom. The lowest BCUT2D eigenvalue weighted by Crippen LogP contribution is -2.68. The van der Waals surface area contributed by atoms with E-state index in [-0.39, 0.29) is 5.91 Å².